The highest BCUT2D eigenvalue weighted by Gasteiger charge is 2.06. The molecule has 0 spiro atoms. The van der Waals surface area contributed by atoms with E-state index in [2.05, 4.69) is 5.32 Å². The SMILES string of the molecule is CNC(=O)NC(=O)Oc1ccccc1. The molecule has 0 bridgehead atoms. The summed E-state index contributed by atoms with van der Waals surface area (Å²) in [5, 5.41) is 4.20. The van der Waals surface area contributed by atoms with E-state index in [4.69, 9.17) is 4.74 Å². The van der Waals surface area contributed by atoms with Crippen molar-refractivity contribution in [1.82, 2.24) is 10.6 Å². The first-order valence-corrected chi connectivity index (χ1v) is 3.98. The topological polar surface area (TPSA) is 67.4 Å². The molecule has 0 unspecified atom stereocenters. The molecule has 0 aliphatic heterocycles. The molecule has 0 atom stereocenters. The maximum Gasteiger partial charge on any atom is 0.420 e. The van der Waals surface area contributed by atoms with Gasteiger partial charge in [-0.15, -0.1) is 0 Å². The van der Waals surface area contributed by atoms with Gasteiger partial charge < -0.3 is 10.1 Å². The van der Waals surface area contributed by atoms with Crippen molar-refractivity contribution in [2.45, 2.75) is 0 Å². The van der Waals surface area contributed by atoms with Gasteiger partial charge in [0, 0.05) is 7.05 Å². The summed E-state index contributed by atoms with van der Waals surface area (Å²) in [6.45, 7) is 0. The van der Waals surface area contributed by atoms with Gasteiger partial charge in [0.1, 0.15) is 5.75 Å². The Morgan fingerprint density at radius 2 is 1.86 bits per heavy atom. The van der Waals surface area contributed by atoms with E-state index in [0.717, 1.165) is 0 Å². The lowest BCUT2D eigenvalue weighted by atomic mass is 10.3. The predicted octanol–water partition coefficient (Wildman–Crippen LogP) is 1.11. The van der Waals surface area contributed by atoms with E-state index in [1.165, 1.54) is 7.05 Å². The van der Waals surface area contributed by atoms with Crippen molar-refractivity contribution < 1.29 is 14.3 Å². The Hall–Kier alpha value is -2.04. The second-order valence-electron chi connectivity index (χ2n) is 2.41. The second-order valence-corrected chi connectivity index (χ2v) is 2.41. The van der Waals surface area contributed by atoms with E-state index in [1.807, 2.05) is 5.32 Å². The largest absolute Gasteiger partial charge is 0.420 e. The summed E-state index contributed by atoms with van der Waals surface area (Å²) >= 11 is 0. The number of amides is 3. The van der Waals surface area contributed by atoms with Gasteiger partial charge in [-0.3, -0.25) is 0 Å². The number of para-hydroxylation sites is 1. The Bertz CT molecular complexity index is 324. The van der Waals surface area contributed by atoms with E-state index >= 15 is 0 Å². The zero-order chi connectivity index (χ0) is 10.4. The standard InChI is InChI=1S/C9H10N2O3/c1-10-8(12)11-9(13)14-7-5-3-2-4-6-7/h2-6H,1H3,(H2,10,11,12,13). The molecule has 1 aromatic rings. The lowest BCUT2D eigenvalue weighted by molar-refractivity contribution is 0.197. The molecule has 74 valence electrons. The summed E-state index contributed by atoms with van der Waals surface area (Å²) in [6.07, 6.45) is -0.810. The highest BCUT2D eigenvalue weighted by molar-refractivity contribution is 5.91. The highest BCUT2D eigenvalue weighted by Crippen LogP contribution is 2.07. The Balaban J connectivity index is 2.46. The van der Waals surface area contributed by atoms with Crippen LogP contribution in [-0.2, 0) is 0 Å². The van der Waals surface area contributed by atoms with Crippen molar-refractivity contribution >= 4 is 12.1 Å². The van der Waals surface area contributed by atoms with Crippen LogP contribution in [0.4, 0.5) is 9.59 Å². The predicted molar refractivity (Wildman–Crippen MR) is 50.1 cm³/mol. The summed E-state index contributed by atoms with van der Waals surface area (Å²) < 4.78 is 4.78. The summed E-state index contributed by atoms with van der Waals surface area (Å²) in [5.41, 5.74) is 0. The van der Waals surface area contributed by atoms with Gasteiger partial charge in [0.05, 0.1) is 0 Å². The van der Waals surface area contributed by atoms with Crippen molar-refractivity contribution in [2.24, 2.45) is 0 Å². The minimum atomic E-state index is -0.810. The fourth-order valence-electron chi connectivity index (χ4n) is 0.776. The Morgan fingerprint density at radius 1 is 1.21 bits per heavy atom. The minimum Gasteiger partial charge on any atom is -0.410 e. The van der Waals surface area contributed by atoms with E-state index in [1.54, 1.807) is 30.3 Å². The first kappa shape index (κ1) is 10.0. The molecule has 0 saturated heterocycles. The van der Waals surface area contributed by atoms with Gasteiger partial charge in [-0.2, -0.15) is 0 Å². The van der Waals surface area contributed by atoms with E-state index in [0.29, 0.717) is 5.75 Å². The van der Waals surface area contributed by atoms with Crippen LogP contribution in [-0.4, -0.2) is 19.2 Å². The molecule has 1 rings (SSSR count). The molecular weight excluding hydrogens is 184 g/mol. The van der Waals surface area contributed by atoms with E-state index in [9.17, 15) is 9.59 Å². The number of benzene rings is 1. The number of hydrogen-bond donors (Lipinski definition) is 2. The molecule has 0 aliphatic rings. The maximum absolute atomic E-state index is 11.0. The molecule has 0 radical (unpaired) electrons. The van der Waals surface area contributed by atoms with Gasteiger partial charge in [-0.25, -0.2) is 14.9 Å². The van der Waals surface area contributed by atoms with E-state index < -0.39 is 12.1 Å². The third-order valence-corrected chi connectivity index (χ3v) is 1.40. The summed E-state index contributed by atoms with van der Waals surface area (Å²) in [6, 6.07) is 7.87. The Labute approximate surface area is 81.1 Å². The first-order valence-electron chi connectivity index (χ1n) is 3.98. The fourth-order valence-corrected chi connectivity index (χ4v) is 0.776. The van der Waals surface area contributed by atoms with Crippen LogP contribution in [0.2, 0.25) is 0 Å². The molecule has 14 heavy (non-hydrogen) atoms. The number of carbonyl (C=O) groups excluding carboxylic acids is 2. The second kappa shape index (κ2) is 4.86. The van der Waals surface area contributed by atoms with Crippen molar-refractivity contribution in [2.75, 3.05) is 7.05 Å². The van der Waals surface area contributed by atoms with Crippen LogP contribution >= 0.6 is 0 Å². The normalized spacial score (nSPS) is 8.93. The number of nitrogens with one attached hydrogen (secondary N) is 2. The third-order valence-electron chi connectivity index (χ3n) is 1.40. The number of rotatable bonds is 1. The number of carbonyl (C=O) groups is 2. The lowest BCUT2D eigenvalue weighted by Crippen LogP contribution is -2.39. The Morgan fingerprint density at radius 3 is 2.43 bits per heavy atom. The minimum absolute atomic E-state index is 0.383. The van der Waals surface area contributed by atoms with Gasteiger partial charge in [-0.05, 0) is 12.1 Å². The molecule has 0 saturated carbocycles. The first-order chi connectivity index (χ1) is 6.72. The lowest BCUT2D eigenvalue weighted by Gasteiger charge is -2.04. The fraction of sp³-hybridized carbons (Fsp3) is 0.111. The van der Waals surface area contributed by atoms with Crippen LogP contribution in [0, 0.1) is 0 Å². The van der Waals surface area contributed by atoms with Crippen LogP contribution in [0.25, 0.3) is 0 Å². The molecule has 0 aromatic heterocycles. The summed E-state index contributed by atoms with van der Waals surface area (Å²) in [5.74, 6) is 0.383. The number of hydrogen-bond acceptors (Lipinski definition) is 3. The molecule has 2 N–H and O–H groups in total. The third kappa shape index (κ3) is 3.14. The number of ether oxygens (including phenoxy) is 1. The molecule has 1 aromatic carbocycles. The van der Waals surface area contributed by atoms with Crippen LogP contribution in [0.15, 0.2) is 30.3 Å². The van der Waals surface area contributed by atoms with Gasteiger partial charge in [0.25, 0.3) is 0 Å². The summed E-state index contributed by atoms with van der Waals surface area (Å²) in [7, 11) is 1.41. The molecule has 3 amide bonds. The average Bonchev–Trinajstić information content (AvgIpc) is 2.19. The Kier molecular flexibility index (Phi) is 3.49. The van der Waals surface area contributed by atoms with Gasteiger partial charge >= 0.3 is 12.1 Å². The van der Waals surface area contributed by atoms with Gasteiger partial charge in [0.15, 0.2) is 0 Å². The molecule has 0 aliphatic carbocycles. The van der Waals surface area contributed by atoms with Crippen molar-refractivity contribution in [3.05, 3.63) is 30.3 Å². The zero-order valence-corrected chi connectivity index (χ0v) is 7.61. The highest BCUT2D eigenvalue weighted by atomic mass is 16.6. The maximum atomic E-state index is 11.0. The van der Waals surface area contributed by atoms with Crippen molar-refractivity contribution in [3.8, 4) is 5.75 Å². The van der Waals surface area contributed by atoms with E-state index in [-0.39, 0.29) is 0 Å². The monoisotopic (exact) mass is 194 g/mol. The number of urea groups is 1. The zero-order valence-electron chi connectivity index (χ0n) is 7.61. The molecule has 0 fully saturated rings. The van der Waals surface area contributed by atoms with Crippen LogP contribution < -0.4 is 15.4 Å². The smallest absolute Gasteiger partial charge is 0.410 e. The van der Waals surface area contributed by atoms with Gasteiger partial charge in [-0.1, -0.05) is 18.2 Å². The van der Waals surface area contributed by atoms with Crippen LogP contribution in [0.5, 0.6) is 5.75 Å². The molecule has 5 heteroatoms. The van der Waals surface area contributed by atoms with Crippen molar-refractivity contribution in [1.29, 1.82) is 0 Å². The summed E-state index contributed by atoms with van der Waals surface area (Å²) in [4.78, 5) is 21.7. The van der Waals surface area contributed by atoms with Crippen LogP contribution in [0.3, 0.4) is 0 Å². The molecule has 5 nitrogen and oxygen atoms in total. The molecular formula is C9H10N2O3. The van der Waals surface area contributed by atoms with Crippen LogP contribution in [0.1, 0.15) is 0 Å². The number of imide groups is 1. The molecule has 0 heterocycles. The van der Waals surface area contributed by atoms with Crippen molar-refractivity contribution in [3.63, 3.8) is 0 Å². The quantitative estimate of drug-likeness (QED) is 0.703. The average molecular weight is 194 g/mol. The van der Waals surface area contributed by atoms with Gasteiger partial charge in [0.2, 0.25) is 0 Å².